The van der Waals surface area contributed by atoms with Crippen molar-refractivity contribution in [2.75, 3.05) is 26.4 Å². The van der Waals surface area contributed by atoms with Gasteiger partial charge in [0.1, 0.15) is 26.4 Å². The van der Waals surface area contributed by atoms with Crippen molar-refractivity contribution < 1.29 is 48.0 Å². The van der Waals surface area contributed by atoms with Crippen molar-refractivity contribution in [3.8, 4) is 0 Å². The van der Waals surface area contributed by atoms with E-state index in [1.54, 1.807) is 12.1 Å². The molecule has 0 saturated heterocycles. The molecule has 0 heterocycles. The summed E-state index contributed by atoms with van der Waals surface area (Å²) < 4.78 is 19.2. The predicted molar refractivity (Wildman–Crippen MR) is 98.0 cm³/mol. The summed E-state index contributed by atoms with van der Waals surface area (Å²) >= 11 is 0. The lowest BCUT2D eigenvalue weighted by molar-refractivity contribution is -0.139. The van der Waals surface area contributed by atoms with Gasteiger partial charge in [0, 0.05) is 12.2 Å². The van der Waals surface area contributed by atoms with E-state index in [1.165, 1.54) is 12.1 Å². The minimum Gasteiger partial charge on any atom is -0.483 e. The molecular weight excluding hydrogens is 388 g/mol. The van der Waals surface area contributed by atoms with Gasteiger partial charge in [0.05, 0.1) is 11.1 Å². The van der Waals surface area contributed by atoms with Crippen LogP contribution in [0.1, 0.15) is 20.7 Å². The van der Waals surface area contributed by atoms with Gasteiger partial charge in [-0.25, -0.2) is 19.2 Å². The second kappa shape index (κ2) is 15.1. The second-order valence-corrected chi connectivity index (χ2v) is 4.67. The number of rotatable bonds is 10. The van der Waals surface area contributed by atoms with E-state index in [1.807, 2.05) is 0 Å². The van der Waals surface area contributed by atoms with Gasteiger partial charge in [-0.1, -0.05) is 25.3 Å². The molecule has 0 saturated carbocycles. The van der Waals surface area contributed by atoms with Crippen molar-refractivity contribution in [1.29, 1.82) is 0 Å². The number of esters is 4. The highest BCUT2D eigenvalue weighted by Crippen LogP contribution is 2.12. The lowest BCUT2D eigenvalue weighted by Gasteiger charge is -2.10. The Morgan fingerprint density at radius 1 is 0.759 bits per heavy atom. The van der Waals surface area contributed by atoms with Gasteiger partial charge in [-0.2, -0.15) is 0 Å². The predicted octanol–water partition coefficient (Wildman–Crippen LogP) is 1.16. The molecule has 0 amide bonds. The number of carboxylic acid groups (broad SMARTS) is 1. The van der Waals surface area contributed by atoms with E-state index in [2.05, 4.69) is 22.6 Å². The van der Waals surface area contributed by atoms with E-state index in [0.717, 1.165) is 12.2 Å². The van der Waals surface area contributed by atoms with Crippen molar-refractivity contribution in [1.82, 2.24) is 0 Å². The Balaban J connectivity index is 0.00000245. The first-order chi connectivity index (χ1) is 13.9. The van der Waals surface area contributed by atoms with Crippen molar-refractivity contribution in [3.05, 3.63) is 60.7 Å². The second-order valence-electron chi connectivity index (χ2n) is 4.67. The van der Waals surface area contributed by atoms with Gasteiger partial charge in [0.2, 0.25) is 0 Å². The van der Waals surface area contributed by atoms with E-state index in [-0.39, 0.29) is 44.0 Å². The molecule has 0 fully saturated rings. The van der Waals surface area contributed by atoms with E-state index in [4.69, 9.17) is 19.4 Å². The largest absolute Gasteiger partial charge is 0.483 e. The molecule has 10 nitrogen and oxygen atoms in total. The lowest BCUT2D eigenvalue weighted by atomic mass is 10.1. The third-order valence-corrected chi connectivity index (χ3v) is 2.82. The summed E-state index contributed by atoms with van der Waals surface area (Å²) in [6, 6.07) is 5.90. The van der Waals surface area contributed by atoms with Gasteiger partial charge < -0.3 is 24.1 Å². The number of ether oxygens (including phenoxy) is 4. The number of hydrogen-bond donors (Lipinski definition) is 1. The molecule has 0 bridgehead atoms. The van der Waals surface area contributed by atoms with Crippen molar-refractivity contribution in [2.24, 2.45) is 0 Å². The molecule has 10 heteroatoms. The summed E-state index contributed by atoms with van der Waals surface area (Å²) in [5.74, 6) is -2.82. The van der Waals surface area contributed by atoms with Crippen LogP contribution in [0.5, 0.6) is 0 Å². The molecule has 0 spiro atoms. The van der Waals surface area contributed by atoms with Crippen LogP contribution in [0, 0.1) is 0 Å². The van der Waals surface area contributed by atoms with E-state index >= 15 is 0 Å². The van der Waals surface area contributed by atoms with Gasteiger partial charge in [0.15, 0.2) is 0 Å². The number of carbonyl (C=O) groups is 5. The SMILES string of the molecule is C=CC(=O)OCCOC(=O)c1ccccc1C(=O)OCCOC(=O)C=C.O=CO. The molecule has 0 radical (unpaired) electrons. The Morgan fingerprint density at radius 2 is 1.07 bits per heavy atom. The molecule has 0 aliphatic carbocycles. The Morgan fingerprint density at radius 3 is 1.38 bits per heavy atom. The summed E-state index contributed by atoms with van der Waals surface area (Å²) in [6.07, 6.45) is 1.97. The first-order valence-corrected chi connectivity index (χ1v) is 8.00. The lowest BCUT2D eigenvalue weighted by Crippen LogP contribution is -2.18. The van der Waals surface area contributed by atoms with Crippen LogP contribution in [0.3, 0.4) is 0 Å². The zero-order chi connectivity index (χ0) is 22.1. The van der Waals surface area contributed by atoms with Gasteiger partial charge in [-0.3, -0.25) is 4.79 Å². The fraction of sp³-hybridized carbons (Fsp3) is 0.211. The molecule has 1 aromatic rings. The maximum atomic E-state index is 12.1. The van der Waals surface area contributed by atoms with Crippen LogP contribution >= 0.6 is 0 Å². The highest BCUT2D eigenvalue weighted by atomic mass is 16.6. The molecule has 0 unspecified atom stereocenters. The Hall–Kier alpha value is -3.95. The number of carbonyl (C=O) groups excluding carboxylic acids is 4. The maximum absolute atomic E-state index is 12.1. The molecule has 0 aliphatic heterocycles. The van der Waals surface area contributed by atoms with Gasteiger partial charge in [0.25, 0.3) is 6.47 Å². The zero-order valence-electron chi connectivity index (χ0n) is 15.4. The fourth-order valence-corrected chi connectivity index (χ4v) is 1.67. The maximum Gasteiger partial charge on any atom is 0.339 e. The van der Waals surface area contributed by atoms with Crippen molar-refractivity contribution in [3.63, 3.8) is 0 Å². The van der Waals surface area contributed by atoms with Crippen LogP contribution in [-0.4, -0.2) is 61.9 Å². The van der Waals surface area contributed by atoms with Gasteiger partial charge in [-0.15, -0.1) is 0 Å². The average molecular weight is 408 g/mol. The minimum absolute atomic E-state index is 0.00404. The highest BCUT2D eigenvalue weighted by molar-refractivity contribution is 6.03. The normalized spacial score (nSPS) is 8.97. The molecule has 1 rings (SSSR count). The molecule has 29 heavy (non-hydrogen) atoms. The Labute approximate surface area is 166 Å². The molecule has 0 atom stereocenters. The van der Waals surface area contributed by atoms with Crippen LogP contribution in [0.15, 0.2) is 49.6 Å². The van der Waals surface area contributed by atoms with Crippen LogP contribution < -0.4 is 0 Å². The van der Waals surface area contributed by atoms with Gasteiger partial charge >= 0.3 is 23.9 Å². The summed E-state index contributed by atoms with van der Waals surface area (Å²) in [7, 11) is 0. The van der Waals surface area contributed by atoms with Crippen LogP contribution in [0.2, 0.25) is 0 Å². The number of hydrogen-bond acceptors (Lipinski definition) is 9. The topological polar surface area (TPSA) is 142 Å². The van der Waals surface area contributed by atoms with E-state index in [9.17, 15) is 19.2 Å². The quantitative estimate of drug-likeness (QED) is 0.197. The highest BCUT2D eigenvalue weighted by Gasteiger charge is 2.19. The van der Waals surface area contributed by atoms with Gasteiger partial charge in [-0.05, 0) is 12.1 Å². The summed E-state index contributed by atoms with van der Waals surface area (Å²) in [6.45, 7) is 5.57. The molecule has 0 aromatic heterocycles. The standard InChI is InChI=1S/C18H18O8.CH2O2/c1-3-15(19)23-9-11-25-17(21)13-7-5-6-8-14(13)18(22)26-12-10-24-16(20)4-2;2-1-3/h3-8H,1-2,9-12H2;1H,(H,2,3). The summed E-state index contributed by atoms with van der Waals surface area (Å²) in [4.78, 5) is 54.3. The van der Waals surface area contributed by atoms with E-state index < -0.39 is 23.9 Å². The van der Waals surface area contributed by atoms with Crippen LogP contribution in [0.4, 0.5) is 0 Å². The molecular formula is C19H20O10. The van der Waals surface area contributed by atoms with Crippen LogP contribution in [-0.2, 0) is 33.3 Å². The Kier molecular flexibility index (Phi) is 13.1. The zero-order valence-corrected chi connectivity index (χ0v) is 15.4. The molecule has 0 aliphatic rings. The summed E-state index contributed by atoms with van der Waals surface area (Å²) in [5, 5.41) is 6.89. The first kappa shape index (κ1) is 25.1. The van der Waals surface area contributed by atoms with Crippen molar-refractivity contribution >= 4 is 30.3 Å². The molecule has 1 N–H and O–H groups in total. The number of benzene rings is 1. The third-order valence-electron chi connectivity index (χ3n) is 2.82. The third kappa shape index (κ3) is 10.7. The molecule has 1 aromatic carbocycles. The smallest absolute Gasteiger partial charge is 0.339 e. The first-order valence-electron chi connectivity index (χ1n) is 8.00. The minimum atomic E-state index is -0.773. The average Bonchev–Trinajstić information content (AvgIpc) is 2.74. The monoisotopic (exact) mass is 408 g/mol. The fourth-order valence-electron chi connectivity index (χ4n) is 1.67. The molecule has 156 valence electrons. The van der Waals surface area contributed by atoms with E-state index in [0.29, 0.717) is 0 Å². The Bertz CT molecular complexity index is 679. The van der Waals surface area contributed by atoms with Crippen molar-refractivity contribution in [2.45, 2.75) is 0 Å². The summed E-state index contributed by atoms with van der Waals surface area (Å²) in [5.41, 5.74) is -0.00809. The van der Waals surface area contributed by atoms with Crippen LogP contribution in [0.25, 0.3) is 0 Å².